The molecule has 6 nitrogen and oxygen atoms in total. The van der Waals surface area contributed by atoms with Gasteiger partial charge in [-0.15, -0.1) is 10.2 Å². The summed E-state index contributed by atoms with van der Waals surface area (Å²) in [6, 6.07) is 6.51. The molecule has 0 radical (unpaired) electrons. The Hall–Kier alpha value is -2.63. The van der Waals surface area contributed by atoms with E-state index in [4.69, 9.17) is 0 Å². The van der Waals surface area contributed by atoms with Crippen molar-refractivity contribution in [3.63, 3.8) is 0 Å². The lowest BCUT2D eigenvalue weighted by Gasteiger charge is -2.10. The van der Waals surface area contributed by atoms with Gasteiger partial charge < -0.3 is 14.9 Å². The number of hydrogen-bond acceptors (Lipinski definition) is 3. The highest BCUT2D eigenvalue weighted by atomic mass is 16.1. The Kier molecular flexibility index (Phi) is 5.23. The average Bonchev–Trinajstić information content (AvgIpc) is 3.20. The summed E-state index contributed by atoms with van der Waals surface area (Å²) in [6.07, 6.45) is 10.2. The van der Waals surface area contributed by atoms with Gasteiger partial charge in [0.05, 0.1) is 0 Å². The SMILES string of the molecule is Cn1cnnc1CCC(=O)NCc1ccc2[nH]c3c(c2c1)CCCCCC3. The van der Waals surface area contributed by atoms with Crippen molar-refractivity contribution in [1.29, 1.82) is 0 Å². The Morgan fingerprint density at radius 2 is 2.07 bits per heavy atom. The molecule has 3 aromatic rings. The number of carbonyl (C=O) groups excluding carboxylic acids is 1. The third-order valence-electron chi connectivity index (χ3n) is 5.53. The second-order valence-electron chi connectivity index (χ2n) is 7.51. The number of amides is 1. The Morgan fingerprint density at radius 3 is 2.89 bits per heavy atom. The first-order valence-corrected chi connectivity index (χ1v) is 9.92. The largest absolute Gasteiger partial charge is 0.358 e. The minimum Gasteiger partial charge on any atom is -0.358 e. The van der Waals surface area contributed by atoms with E-state index in [9.17, 15) is 4.79 Å². The number of hydrogen-bond donors (Lipinski definition) is 2. The summed E-state index contributed by atoms with van der Waals surface area (Å²) >= 11 is 0. The van der Waals surface area contributed by atoms with E-state index in [2.05, 4.69) is 38.7 Å². The van der Waals surface area contributed by atoms with Gasteiger partial charge in [0.2, 0.25) is 5.91 Å². The number of aromatic amines is 1. The van der Waals surface area contributed by atoms with Gasteiger partial charge >= 0.3 is 0 Å². The maximum Gasteiger partial charge on any atom is 0.220 e. The number of rotatable bonds is 5. The van der Waals surface area contributed by atoms with E-state index < -0.39 is 0 Å². The summed E-state index contributed by atoms with van der Waals surface area (Å²) in [4.78, 5) is 15.8. The summed E-state index contributed by atoms with van der Waals surface area (Å²) < 4.78 is 1.85. The molecule has 0 saturated carbocycles. The molecule has 0 bridgehead atoms. The van der Waals surface area contributed by atoms with Crippen molar-refractivity contribution >= 4 is 16.8 Å². The van der Waals surface area contributed by atoms with E-state index in [0.717, 1.165) is 24.2 Å². The molecule has 1 amide bonds. The van der Waals surface area contributed by atoms with Gasteiger partial charge in [0.1, 0.15) is 12.2 Å². The van der Waals surface area contributed by atoms with Crippen LogP contribution in [-0.2, 0) is 37.6 Å². The lowest BCUT2D eigenvalue weighted by molar-refractivity contribution is -0.121. The summed E-state index contributed by atoms with van der Waals surface area (Å²) in [7, 11) is 1.89. The summed E-state index contributed by atoms with van der Waals surface area (Å²) in [5.41, 5.74) is 5.27. The summed E-state index contributed by atoms with van der Waals surface area (Å²) in [5, 5.41) is 12.2. The predicted octanol–water partition coefficient (Wildman–Crippen LogP) is 3.20. The maximum atomic E-state index is 12.2. The quantitative estimate of drug-likeness (QED) is 0.729. The third kappa shape index (κ3) is 4.04. The van der Waals surface area contributed by atoms with Gasteiger partial charge in [-0.1, -0.05) is 18.9 Å². The van der Waals surface area contributed by atoms with Crippen LogP contribution in [0.15, 0.2) is 24.5 Å². The number of H-pyrrole nitrogens is 1. The van der Waals surface area contributed by atoms with Crippen molar-refractivity contribution < 1.29 is 4.79 Å². The molecule has 0 fully saturated rings. The van der Waals surface area contributed by atoms with E-state index in [1.807, 2.05) is 11.6 Å². The summed E-state index contributed by atoms with van der Waals surface area (Å²) in [5.74, 6) is 0.875. The molecule has 0 atom stereocenters. The molecule has 1 aliphatic carbocycles. The first kappa shape index (κ1) is 17.8. The third-order valence-corrected chi connectivity index (χ3v) is 5.53. The molecule has 0 aliphatic heterocycles. The molecule has 2 N–H and O–H groups in total. The van der Waals surface area contributed by atoms with Crippen molar-refractivity contribution in [2.75, 3.05) is 0 Å². The van der Waals surface area contributed by atoms with Crippen molar-refractivity contribution in [3.05, 3.63) is 47.2 Å². The van der Waals surface area contributed by atoms with Gasteiger partial charge in [-0.3, -0.25) is 4.79 Å². The zero-order chi connectivity index (χ0) is 18.6. The number of nitrogens with zero attached hydrogens (tertiary/aromatic N) is 3. The van der Waals surface area contributed by atoms with Gasteiger partial charge in [0.25, 0.3) is 0 Å². The minimum atomic E-state index is 0.0440. The lowest BCUT2D eigenvalue weighted by atomic mass is 9.96. The van der Waals surface area contributed by atoms with E-state index in [1.165, 1.54) is 47.8 Å². The number of fused-ring (bicyclic) bond motifs is 3. The van der Waals surface area contributed by atoms with Crippen LogP contribution in [0.4, 0.5) is 0 Å². The fourth-order valence-electron chi connectivity index (χ4n) is 3.96. The normalized spacial score (nSPS) is 14.6. The number of aromatic nitrogens is 4. The Labute approximate surface area is 159 Å². The fourth-order valence-corrected chi connectivity index (χ4v) is 3.96. The highest BCUT2D eigenvalue weighted by molar-refractivity contribution is 5.85. The van der Waals surface area contributed by atoms with E-state index in [0.29, 0.717) is 19.4 Å². The van der Waals surface area contributed by atoms with Gasteiger partial charge in [-0.25, -0.2) is 0 Å². The molecule has 4 rings (SSSR count). The van der Waals surface area contributed by atoms with Crippen molar-refractivity contribution in [2.24, 2.45) is 7.05 Å². The van der Waals surface area contributed by atoms with Crippen LogP contribution < -0.4 is 5.32 Å². The van der Waals surface area contributed by atoms with Gasteiger partial charge in [0, 0.05) is 43.0 Å². The smallest absolute Gasteiger partial charge is 0.220 e. The monoisotopic (exact) mass is 365 g/mol. The second kappa shape index (κ2) is 7.94. The zero-order valence-corrected chi connectivity index (χ0v) is 15.9. The molecule has 142 valence electrons. The molecule has 0 spiro atoms. The highest BCUT2D eigenvalue weighted by Crippen LogP contribution is 2.28. The van der Waals surface area contributed by atoms with Crippen LogP contribution in [0.5, 0.6) is 0 Å². The number of carbonyl (C=O) groups is 1. The number of benzene rings is 1. The second-order valence-corrected chi connectivity index (χ2v) is 7.51. The molecule has 0 saturated heterocycles. The average molecular weight is 365 g/mol. The standard InChI is InChI=1S/C21H27N5O/c1-26-14-23-25-20(26)10-11-21(27)22-13-15-8-9-19-17(12-15)16-6-4-2-3-5-7-18(16)24-19/h8-9,12,14,24H,2-7,10-11,13H2,1H3,(H,22,27). The molecule has 27 heavy (non-hydrogen) atoms. The van der Waals surface area contributed by atoms with Crippen LogP contribution in [-0.4, -0.2) is 25.7 Å². The van der Waals surface area contributed by atoms with Crippen LogP contribution >= 0.6 is 0 Å². The van der Waals surface area contributed by atoms with Gasteiger partial charge in [-0.2, -0.15) is 0 Å². The zero-order valence-electron chi connectivity index (χ0n) is 15.9. The Morgan fingerprint density at radius 1 is 1.22 bits per heavy atom. The van der Waals surface area contributed by atoms with Crippen LogP contribution in [0, 0.1) is 0 Å². The molecular formula is C21H27N5O. The molecule has 2 heterocycles. The Balaban J connectivity index is 1.40. The van der Waals surface area contributed by atoms with E-state index >= 15 is 0 Å². The van der Waals surface area contributed by atoms with Crippen molar-refractivity contribution in [1.82, 2.24) is 25.1 Å². The first-order chi connectivity index (χ1) is 13.2. The van der Waals surface area contributed by atoms with Crippen LogP contribution in [0.25, 0.3) is 10.9 Å². The fraction of sp³-hybridized carbons (Fsp3) is 0.476. The molecular weight excluding hydrogens is 338 g/mol. The molecule has 1 aromatic carbocycles. The molecule has 1 aliphatic rings. The van der Waals surface area contributed by atoms with Crippen LogP contribution in [0.3, 0.4) is 0 Å². The Bertz CT molecular complexity index is 939. The molecule has 2 aromatic heterocycles. The lowest BCUT2D eigenvalue weighted by Crippen LogP contribution is -2.23. The maximum absolute atomic E-state index is 12.2. The summed E-state index contributed by atoms with van der Waals surface area (Å²) in [6.45, 7) is 0.563. The van der Waals surface area contributed by atoms with Crippen LogP contribution in [0.1, 0.15) is 54.7 Å². The van der Waals surface area contributed by atoms with Crippen molar-refractivity contribution in [3.8, 4) is 0 Å². The van der Waals surface area contributed by atoms with Crippen molar-refractivity contribution in [2.45, 2.75) is 57.9 Å². The molecule has 6 heteroatoms. The topological polar surface area (TPSA) is 75.6 Å². The molecule has 0 unspecified atom stereocenters. The first-order valence-electron chi connectivity index (χ1n) is 9.92. The highest BCUT2D eigenvalue weighted by Gasteiger charge is 2.14. The van der Waals surface area contributed by atoms with Crippen LogP contribution in [0.2, 0.25) is 0 Å². The van der Waals surface area contributed by atoms with Gasteiger partial charge in [0.15, 0.2) is 0 Å². The van der Waals surface area contributed by atoms with E-state index in [1.54, 1.807) is 6.33 Å². The number of aryl methyl sites for hydroxylation is 4. The predicted molar refractivity (Wildman–Crippen MR) is 105 cm³/mol. The van der Waals surface area contributed by atoms with E-state index in [-0.39, 0.29) is 5.91 Å². The number of nitrogens with one attached hydrogen (secondary N) is 2. The minimum absolute atomic E-state index is 0.0440. The van der Waals surface area contributed by atoms with Gasteiger partial charge in [-0.05, 0) is 48.9 Å².